The summed E-state index contributed by atoms with van der Waals surface area (Å²) in [6, 6.07) is 0. The molecular weight excluding hydrogens is 206 g/mol. The summed E-state index contributed by atoms with van der Waals surface area (Å²) in [7, 11) is 0. The molecule has 1 aliphatic heterocycles. The number of carbonyl (C=O) groups excluding carboxylic acids is 1. The van der Waals surface area contributed by atoms with Crippen LogP contribution in [0.25, 0.3) is 0 Å². The molecule has 1 fully saturated rings. The van der Waals surface area contributed by atoms with Crippen molar-refractivity contribution in [3.8, 4) is 0 Å². The zero-order valence-corrected chi connectivity index (χ0v) is 9.48. The fourth-order valence-electron chi connectivity index (χ4n) is 1.84. The Morgan fingerprint density at radius 2 is 2.62 bits per heavy atom. The van der Waals surface area contributed by atoms with Crippen LogP contribution in [0, 0.1) is 0 Å². The molecule has 0 spiro atoms. The van der Waals surface area contributed by atoms with Crippen molar-refractivity contribution in [2.24, 2.45) is 0 Å². The molecule has 5 heteroatoms. The minimum Gasteiger partial charge on any atom is -0.368 e. The Morgan fingerprint density at radius 1 is 1.75 bits per heavy atom. The van der Waals surface area contributed by atoms with Crippen molar-refractivity contribution < 1.29 is 9.53 Å². The van der Waals surface area contributed by atoms with Crippen molar-refractivity contribution in [2.75, 3.05) is 19.7 Å². The van der Waals surface area contributed by atoms with Crippen LogP contribution in [0.3, 0.4) is 0 Å². The highest BCUT2D eigenvalue weighted by Crippen LogP contribution is 2.05. The van der Waals surface area contributed by atoms with Gasteiger partial charge in [0.25, 0.3) is 0 Å². The zero-order chi connectivity index (χ0) is 11.4. The number of aryl methyl sites for hydroxylation is 1. The first-order valence-electron chi connectivity index (χ1n) is 5.66. The van der Waals surface area contributed by atoms with Crippen LogP contribution in [0.1, 0.15) is 12.7 Å². The molecule has 0 aliphatic carbocycles. The zero-order valence-electron chi connectivity index (χ0n) is 9.48. The Balaban J connectivity index is 1.95. The normalized spacial score (nSPS) is 20.9. The second kappa shape index (κ2) is 5.23. The van der Waals surface area contributed by atoms with E-state index in [-0.39, 0.29) is 11.9 Å². The van der Waals surface area contributed by atoms with Crippen LogP contribution in [0.2, 0.25) is 0 Å². The molecule has 1 aromatic rings. The molecule has 1 unspecified atom stereocenters. The molecule has 2 rings (SSSR count). The molecular formula is C11H17N3O2. The fourth-order valence-corrected chi connectivity index (χ4v) is 1.84. The molecule has 0 bridgehead atoms. The maximum Gasteiger partial charge on any atom is 0.170 e. The van der Waals surface area contributed by atoms with Gasteiger partial charge in [0, 0.05) is 32.0 Å². The summed E-state index contributed by atoms with van der Waals surface area (Å²) in [6.45, 7) is 4.93. The number of ketones is 1. The van der Waals surface area contributed by atoms with Gasteiger partial charge in [-0.3, -0.25) is 4.79 Å². The summed E-state index contributed by atoms with van der Waals surface area (Å²) >= 11 is 0. The van der Waals surface area contributed by atoms with Crippen molar-refractivity contribution in [1.82, 2.24) is 14.9 Å². The molecule has 1 aromatic heterocycles. The summed E-state index contributed by atoms with van der Waals surface area (Å²) in [4.78, 5) is 16.1. The van der Waals surface area contributed by atoms with Crippen LogP contribution in [-0.4, -0.2) is 41.1 Å². The van der Waals surface area contributed by atoms with E-state index in [1.54, 1.807) is 6.20 Å². The van der Waals surface area contributed by atoms with Crippen LogP contribution >= 0.6 is 0 Å². The SMILES string of the molecule is CCn1ccnc1CC(=O)C1CNCCO1. The highest BCUT2D eigenvalue weighted by Gasteiger charge is 2.22. The number of imidazole rings is 1. The number of nitrogens with one attached hydrogen (secondary N) is 1. The second-order valence-corrected chi connectivity index (χ2v) is 3.84. The van der Waals surface area contributed by atoms with Gasteiger partial charge in [0.2, 0.25) is 0 Å². The second-order valence-electron chi connectivity index (χ2n) is 3.84. The molecule has 1 N–H and O–H groups in total. The van der Waals surface area contributed by atoms with Crippen molar-refractivity contribution in [3.05, 3.63) is 18.2 Å². The van der Waals surface area contributed by atoms with Gasteiger partial charge in [0.1, 0.15) is 11.9 Å². The van der Waals surface area contributed by atoms with Gasteiger partial charge >= 0.3 is 0 Å². The standard InChI is InChI=1S/C11H17N3O2/c1-2-14-5-3-13-11(14)7-9(15)10-8-12-4-6-16-10/h3,5,10,12H,2,4,6-8H2,1H3. The first-order valence-corrected chi connectivity index (χ1v) is 5.66. The molecule has 5 nitrogen and oxygen atoms in total. The monoisotopic (exact) mass is 223 g/mol. The third-order valence-corrected chi connectivity index (χ3v) is 2.76. The fraction of sp³-hybridized carbons (Fsp3) is 0.636. The lowest BCUT2D eigenvalue weighted by atomic mass is 10.1. The van der Waals surface area contributed by atoms with Gasteiger partial charge in [-0.1, -0.05) is 0 Å². The van der Waals surface area contributed by atoms with E-state index in [4.69, 9.17) is 4.74 Å². The summed E-state index contributed by atoms with van der Waals surface area (Å²) in [5.41, 5.74) is 0. The average molecular weight is 223 g/mol. The maximum absolute atomic E-state index is 11.9. The van der Waals surface area contributed by atoms with E-state index >= 15 is 0 Å². The number of rotatable bonds is 4. The Labute approximate surface area is 94.8 Å². The summed E-state index contributed by atoms with van der Waals surface area (Å²) in [5, 5.41) is 3.15. The number of morpholine rings is 1. The first kappa shape index (κ1) is 11.3. The molecule has 0 aromatic carbocycles. The molecule has 1 saturated heterocycles. The van der Waals surface area contributed by atoms with Crippen LogP contribution in [0.15, 0.2) is 12.4 Å². The van der Waals surface area contributed by atoms with E-state index in [1.165, 1.54) is 0 Å². The molecule has 0 radical (unpaired) electrons. The number of carbonyl (C=O) groups is 1. The lowest BCUT2D eigenvalue weighted by molar-refractivity contribution is -0.131. The lowest BCUT2D eigenvalue weighted by Gasteiger charge is -2.22. The largest absolute Gasteiger partial charge is 0.368 e. The quantitative estimate of drug-likeness (QED) is 0.781. The number of Topliss-reactive ketones (excluding diaryl/α,β-unsaturated/α-hetero) is 1. The topological polar surface area (TPSA) is 56.2 Å². The van der Waals surface area contributed by atoms with E-state index in [9.17, 15) is 4.79 Å². The predicted octanol–water partition coefficient (Wildman–Crippen LogP) is 0.00300. The number of hydrogen-bond acceptors (Lipinski definition) is 4. The van der Waals surface area contributed by atoms with E-state index < -0.39 is 0 Å². The molecule has 16 heavy (non-hydrogen) atoms. The van der Waals surface area contributed by atoms with Crippen LogP contribution in [0.4, 0.5) is 0 Å². The smallest absolute Gasteiger partial charge is 0.170 e. The third-order valence-electron chi connectivity index (χ3n) is 2.76. The minimum atomic E-state index is -0.309. The Bertz CT molecular complexity index is 356. The van der Waals surface area contributed by atoms with Gasteiger partial charge in [-0.05, 0) is 6.92 Å². The van der Waals surface area contributed by atoms with Crippen molar-refractivity contribution in [3.63, 3.8) is 0 Å². The van der Waals surface area contributed by atoms with Gasteiger partial charge in [-0.2, -0.15) is 0 Å². The summed E-state index contributed by atoms with van der Waals surface area (Å²) in [5.74, 6) is 0.926. The summed E-state index contributed by atoms with van der Waals surface area (Å²) < 4.78 is 7.39. The van der Waals surface area contributed by atoms with Crippen molar-refractivity contribution in [2.45, 2.75) is 26.0 Å². The van der Waals surface area contributed by atoms with E-state index in [0.717, 1.165) is 18.9 Å². The average Bonchev–Trinajstić information content (AvgIpc) is 2.77. The maximum atomic E-state index is 11.9. The Kier molecular flexibility index (Phi) is 3.69. The Morgan fingerprint density at radius 3 is 3.31 bits per heavy atom. The first-order chi connectivity index (χ1) is 7.81. The molecule has 0 saturated carbocycles. The van der Waals surface area contributed by atoms with Crippen LogP contribution in [0.5, 0.6) is 0 Å². The van der Waals surface area contributed by atoms with E-state index in [2.05, 4.69) is 10.3 Å². The van der Waals surface area contributed by atoms with Crippen molar-refractivity contribution in [1.29, 1.82) is 0 Å². The number of ether oxygens (including phenoxy) is 1. The van der Waals surface area contributed by atoms with Crippen LogP contribution in [-0.2, 0) is 22.5 Å². The summed E-state index contributed by atoms with van der Waals surface area (Å²) in [6.07, 6.45) is 3.66. The van der Waals surface area contributed by atoms with E-state index in [1.807, 2.05) is 17.7 Å². The molecule has 88 valence electrons. The third kappa shape index (κ3) is 2.48. The highest BCUT2D eigenvalue weighted by molar-refractivity contribution is 5.85. The minimum absolute atomic E-state index is 0.105. The Hall–Kier alpha value is -1.20. The van der Waals surface area contributed by atoms with Gasteiger partial charge in [-0.25, -0.2) is 4.98 Å². The highest BCUT2D eigenvalue weighted by atomic mass is 16.5. The molecule has 1 aliphatic rings. The van der Waals surface area contributed by atoms with Gasteiger partial charge in [0.15, 0.2) is 5.78 Å². The van der Waals surface area contributed by atoms with Gasteiger partial charge in [0.05, 0.1) is 13.0 Å². The van der Waals surface area contributed by atoms with E-state index in [0.29, 0.717) is 19.6 Å². The molecule has 2 heterocycles. The van der Waals surface area contributed by atoms with Gasteiger partial charge < -0.3 is 14.6 Å². The van der Waals surface area contributed by atoms with Crippen molar-refractivity contribution >= 4 is 5.78 Å². The molecule has 1 atom stereocenters. The number of aromatic nitrogens is 2. The van der Waals surface area contributed by atoms with Crippen LogP contribution < -0.4 is 5.32 Å². The number of nitrogens with zero attached hydrogens (tertiary/aromatic N) is 2. The lowest BCUT2D eigenvalue weighted by Crippen LogP contribution is -2.43. The molecule has 0 amide bonds. The van der Waals surface area contributed by atoms with Gasteiger partial charge in [-0.15, -0.1) is 0 Å². The number of hydrogen-bond donors (Lipinski definition) is 1. The predicted molar refractivity (Wildman–Crippen MR) is 59.2 cm³/mol.